The number of amides is 1. The Kier molecular flexibility index (Phi) is 3.62. The summed E-state index contributed by atoms with van der Waals surface area (Å²) >= 11 is 1.03. The molecule has 124 valence electrons. The summed E-state index contributed by atoms with van der Waals surface area (Å²) in [5, 5.41) is 5.59. The zero-order valence-electron chi connectivity index (χ0n) is 11.2. The van der Waals surface area contributed by atoms with Crippen molar-refractivity contribution in [1.29, 1.82) is 0 Å². The molecule has 1 atom stereocenters. The lowest BCUT2D eigenvalue weighted by atomic mass is 10.3. The Bertz CT molecular complexity index is 739. The highest BCUT2D eigenvalue weighted by Crippen LogP contribution is 2.48. The molecule has 1 aliphatic rings. The van der Waals surface area contributed by atoms with Crippen LogP contribution in [0.15, 0.2) is 16.7 Å². The Morgan fingerprint density at radius 2 is 2.13 bits per heavy atom. The normalized spacial score (nSPS) is 19.6. The van der Waals surface area contributed by atoms with Gasteiger partial charge in [-0.2, -0.15) is 18.2 Å². The zero-order chi connectivity index (χ0) is 16.8. The van der Waals surface area contributed by atoms with Crippen LogP contribution in [0.5, 0.6) is 0 Å². The van der Waals surface area contributed by atoms with Crippen molar-refractivity contribution in [3.8, 4) is 10.7 Å². The molecule has 23 heavy (non-hydrogen) atoms. The molecule has 2 aromatic heterocycles. The van der Waals surface area contributed by atoms with Crippen LogP contribution in [-0.4, -0.2) is 22.0 Å². The van der Waals surface area contributed by atoms with Gasteiger partial charge in [-0.25, -0.2) is 8.78 Å². The molecule has 0 bridgehead atoms. The van der Waals surface area contributed by atoms with Crippen molar-refractivity contribution >= 4 is 17.2 Å². The number of thiophene rings is 1. The van der Waals surface area contributed by atoms with E-state index in [1.807, 2.05) is 0 Å². The lowest BCUT2D eigenvalue weighted by molar-refractivity contribution is -0.159. The van der Waals surface area contributed by atoms with Crippen molar-refractivity contribution in [1.82, 2.24) is 15.5 Å². The fourth-order valence-corrected chi connectivity index (χ4v) is 2.70. The molecule has 1 aliphatic carbocycles. The first kappa shape index (κ1) is 15.8. The highest BCUT2D eigenvalue weighted by Gasteiger charge is 2.61. The van der Waals surface area contributed by atoms with Gasteiger partial charge in [0, 0.05) is 11.3 Å². The molecular formula is C12H8F5N3O2S. The molecule has 1 N–H and O–H groups in total. The summed E-state index contributed by atoms with van der Waals surface area (Å²) < 4.78 is 66.7. The highest BCUT2D eigenvalue weighted by molar-refractivity contribution is 7.15. The van der Waals surface area contributed by atoms with E-state index in [0.29, 0.717) is 9.75 Å². The topological polar surface area (TPSA) is 68.0 Å². The van der Waals surface area contributed by atoms with Crippen LogP contribution in [0.4, 0.5) is 22.0 Å². The number of nitrogens with zero attached hydrogens (tertiary/aromatic N) is 2. The largest absolute Gasteiger partial charge is 0.471 e. The van der Waals surface area contributed by atoms with Crippen LogP contribution in [-0.2, 0) is 17.5 Å². The van der Waals surface area contributed by atoms with Crippen LogP contribution in [0.2, 0.25) is 0 Å². The molecule has 0 saturated heterocycles. The summed E-state index contributed by atoms with van der Waals surface area (Å²) in [6.45, 7) is 0.0000589. The Labute approximate surface area is 129 Å². The highest BCUT2D eigenvalue weighted by atomic mass is 32.1. The fraction of sp³-hybridized carbons (Fsp3) is 0.417. The molecule has 2 aromatic rings. The molecular weight excluding hydrogens is 345 g/mol. The summed E-state index contributed by atoms with van der Waals surface area (Å²) in [6, 6.07) is 3.00. The average molecular weight is 353 g/mol. The molecule has 1 unspecified atom stereocenters. The molecule has 0 radical (unpaired) electrons. The third kappa shape index (κ3) is 3.33. The molecule has 11 heteroatoms. The van der Waals surface area contributed by atoms with Crippen LogP contribution >= 0.6 is 11.3 Å². The van der Waals surface area contributed by atoms with Crippen molar-refractivity contribution in [2.75, 3.05) is 0 Å². The lowest BCUT2D eigenvalue weighted by Crippen LogP contribution is -2.26. The number of carbonyl (C=O) groups excluding carboxylic acids is 1. The van der Waals surface area contributed by atoms with E-state index in [1.165, 1.54) is 12.1 Å². The van der Waals surface area contributed by atoms with Crippen molar-refractivity contribution < 1.29 is 31.3 Å². The standard InChI is InChI=1S/C12H8F5N3O2S/c13-11(14)3-6(11)9(21)18-4-5-1-2-7(23-5)8-19-10(22-20-8)12(15,16)17/h1-2,6H,3-4H2,(H,18,21). The third-order valence-corrected chi connectivity index (χ3v) is 4.21. The van der Waals surface area contributed by atoms with E-state index in [9.17, 15) is 26.7 Å². The zero-order valence-corrected chi connectivity index (χ0v) is 12.0. The summed E-state index contributed by atoms with van der Waals surface area (Å²) in [5.41, 5.74) is 0. The number of carbonyl (C=O) groups is 1. The van der Waals surface area contributed by atoms with Crippen molar-refractivity contribution in [3.05, 3.63) is 22.9 Å². The maximum atomic E-state index is 12.7. The van der Waals surface area contributed by atoms with Gasteiger partial charge in [-0.05, 0) is 12.1 Å². The fourth-order valence-electron chi connectivity index (χ4n) is 1.83. The smallest absolute Gasteiger partial charge is 0.351 e. The molecule has 0 aliphatic heterocycles. The molecule has 2 heterocycles. The van der Waals surface area contributed by atoms with Gasteiger partial charge in [-0.3, -0.25) is 4.79 Å². The number of hydrogen-bond acceptors (Lipinski definition) is 5. The predicted octanol–water partition coefficient (Wildman–Crippen LogP) is 3.09. The van der Waals surface area contributed by atoms with E-state index >= 15 is 0 Å². The van der Waals surface area contributed by atoms with Gasteiger partial charge < -0.3 is 9.84 Å². The van der Waals surface area contributed by atoms with E-state index in [-0.39, 0.29) is 12.4 Å². The number of rotatable bonds is 4. The minimum Gasteiger partial charge on any atom is -0.351 e. The monoisotopic (exact) mass is 353 g/mol. The Balaban J connectivity index is 1.62. The van der Waals surface area contributed by atoms with Crippen molar-refractivity contribution in [2.45, 2.75) is 25.1 Å². The maximum Gasteiger partial charge on any atom is 0.471 e. The third-order valence-electron chi connectivity index (χ3n) is 3.13. The van der Waals surface area contributed by atoms with Gasteiger partial charge >= 0.3 is 12.1 Å². The summed E-state index contributed by atoms with van der Waals surface area (Å²) in [7, 11) is 0. The van der Waals surface area contributed by atoms with Crippen LogP contribution in [0.3, 0.4) is 0 Å². The lowest BCUT2D eigenvalue weighted by Gasteiger charge is -2.01. The van der Waals surface area contributed by atoms with E-state index in [2.05, 4.69) is 20.0 Å². The number of nitrogens with one attached hydrogen (secondary N) is 1. The van der Waals surface area contributed by atoms with E-state index < -0.39 is 36.2 Å². The first-order chi connectivity index (χ1) is 10.7. The van der Waals surface area contributed by atoms with Gasteiger partial charge in [0.15, 0.2) is 0 Å². The minimum absolute atomic E-state index is 0.0000589. The molecule has 1 saturated carbocycles. The van der Waals surface area contributed by atoms with Gasteiger partial charge in [0.1, 0.15) is 5.92 Å². The molecule has 5 nitrogen and oxygen atoms in total. The Morgan fingerprint density at radius 1 is 1.43 bits per heavy atom. The van der Waals surface area contributed by atoms with Crippen LogP contribution in [0, 0.1) is 5.92 Å². The summed E-state index contributed by atoms with van der Waals surface area (Å²) in [6.07, 6.45) is -5.19. The molecule has 1 fully saturated rings. The van der Waals surface area contributed by atoms with Crippen LogP contribution in [0.1, 0.15) is 17.2 Å². The second-order valence-electron chi connectivity index (χ2n) is 4.92. The summed E-state index contributed by atoms with van der Waals surface area (Å²) in [4.78, 5) is 15.5. The maximum absolute atomic E-state index is 12.7. The molecule has 1 amide bonds. The number of alkyl halides is 5. The average Bonchev–Trinajstić information content (AvgIpc) is 2.92. The number of halogens is 5. The molecule has 3 rings (SSSR count). The van der Waals surface area contributed by atoms with Crippen molar-refractivity contribution in [3.63, 3.8) is 0 Å². The van der Waals surface area contributed by atoms with E-state index in [4.69, 9.17) is 0 Å². The molecule has 0 spiro atoms. The second-order valence-corrected chi connectivity index (χ2v) is 6.09. The van der Waals surface area contributed by atoms with E-state index in [0.717, 1.165) is 11.3 Å². The van der Waals surface area contributed by atoms with Crippen LogP contribution < -0.4 is 5.32 Å². The van der Waals surface area contributed by atoms with E-state index in [1.54, 1.807) is 0 Å². The van der Waals surface area contributed by atoms with Crippen LogP contribution in [0.25, 0.3) is 10.7 Å². The summed E-state index contributed by atoms with van der Waals surface area (Å²) in [5.74, 6) is -6.67. The second kappa shape index (κ2) is 5.25. The SMILES string of the molecule is O=C(NCc1ccc(-c2noc(C(F)(F)F)n2)s1)C1CC1(F)F. The van der Waals surface area contributed by atoms with Gasteiger partial charge in [0.05, 0.1) is 11.4 Å². The van der Waals surface area contributed by atoms with Gasteiger partial charge in [0.25, 0.3) is 5.92 Å². The first-order valence-corrected chi connectivity index (χ1v) is 7.14. The van der Waals surface area contributed by atoms with Gasteiger partial charge in [0.2, 0.25) is 11.7 Å². The molecule has 0 aromatic carbocycles. The minimum atomic E-state index is -4.73. The number of aromatic nitrogens is 2. The Hall–Kier alpha value is -2.04. The number of hydrogen-bond donors (Lipinski definition) is 1. The quantitative estimate of drug-likeness (QED) is 0.858. The Morgan fingerprint density at radius 3 is 2.70 bits per heavy atom. The predicted molar refractivity (Wildman–Crippen MR) is 67.5 cm³/mol. The van der Waals surface area contributed by atoms with Crippen molar-refractivity contribution in [2.24, 2.45) is 5.92 Å². The first-order valence-electron chi connectivity index (χ1n) is 6.32. The van der Waals surface area contributed by atoms with Gasteiger partial charge in [-0.15, -0.1) is 11.3 Å². The van der Waals surface area contributed by atoms with Gasteiger partial charge in [-0.1, -0.05) is 5.16 Å².